The van der Waals surface area contributed by atoms with Gasteiger partial charge in [-0.05, 0) is 41.3 Å². The molecule has 0 atom stereocenters. The van der Waals surface area contributed by atoms with Gasteiger partial charge in [0.1, 0.15) is 5.75 Å². The third kappa shape index (κ3) is 6.56. The Kier molecular flexibility index (Phi) is 8.63. The van der Waals surface area contributed by atoms with Gasteiger partial charge in [-0.2, -0.15) is 0 Å². The van der Waals surface area contributed by atoms with Crippen molar-refractivity contribution in [2.45, 2.75) is 6.42 Å². The highest BCUT2D eigenvalue weighted by atomic mass is 79.9. The number of nitrogens with one attached hydrogen (secondary N) is 1. The third-order valence-corrected chi connectivity index (χ3v) is 5.21. The van der Waals surface area contributed by atoms with Crippen molar-refractivity contribution < 1.29 is 19.1 Å². The number of ether oxygens (including phenoxy) is 2. The average molecular weight is 494 g/mol. The Morgan fingerprint density at radius 1 is 0.969 bits per heavy atom. The van der Waals surface area contributed by atoms with Gasteiger partial charge in [0, 0.05) is 17.5 Å². The first-order chi connectivity index (χ1) is 15.6. The van der Waals surface area contributed by atoms with Crippen LogP contribution in [0.3, 0.4) is 0 Å². The second-order valence-corrected chi connectivity index (χ2v) is 7.69. The van der Waals surface area contributed by atoms with Gasteiger partial charge in [0.15, 0.2) is 0 Å². The molecule has 0 heterocycles. The van der Waals surface area contributed by atoms with Gasteiger partial charge in [-0.25, -0.2) is 4.79 Å². The lowest BCUT2D eigenvalue weighted by atomic mass is 10.0. The van der Waals surface area contributed by atoms with E-state index in [0.29, 0.717) is 18.0 Å². The molecule has 164 valence electrons. The molecular weight excluding hydrogens is 470 g/mol. The zero-order valence-corrected chi connectivity index (χ0v) is 19.3. The molecule has 0 spiro atoms. The summed E-state index contributed by atoms with van der Waals surface area (Å²) in [6.07, 6.45) is 3.99. The Labute approximate surface area is 196 Å². The van der Waals surface area contributed by atoms with Crippen LogP contribution in [0.5, 0.6) is 5.75 Å². The molecule has 1 amide bonds. The molecule has 5 nitrogen and oxygen atoms in total. The Balaban J connectivity index is 1.70. The van der Waals surface area contributed by atoms with Gasteiger partial charge in [-0.1, -0.05) is 70.5 Å². The van der Waals surface area contributed by atoms with Gasteiger partial charge in [-0.15, -0.1) is 0 Å². The molecule has 0 fully saturated rings. The number of esters is 1. The van der Waals surface area contributed by atoms with Crippen molar-refractivity contribution in [2.75, 3.05) is 24.4 Å². The molecule has 0 radical (unpaired) electrons. The van der Waals surface area contributed by atoms with E-state index in [1.807, 2.05) is 42.5 Å². The number of methoxy groups -OCH3 is 1. The van der Waals surface area contributed by atoms with E-state index >= 15 is 0 Å². The molecule has 0 aliphatic heterocycles. The number of rotatable bonds is 9. The molecule has 1 N–H and O–H groups in total. The Morgan fingerprint density at radius 2 is 1.69 bits per heavy atom. The Bertz CT molecular complexity index is 1080. The van der Waals surface area contributed by atoms with Crippen molar-refractivity contribution in [2.24, 2.45) is 0 Å². The van der Waals surface area contributed by atoms with Crippen LogP contribution in [-0.2, 0) is 9.53 Å². The number of carbonyl (C=O) groups is 2. The lowest BCUT2D eigenvalue weighted by Gasteiger charge is -2.12. The van der Waals surface area contributed by atoms with Crippen LogP contribution in [0.1, 0.15) is 22.3 Å². The standard InChI is InChI=1S/C26H24BrNO4/c1-31-26(30)23-14-13-22(32-17-5-16-27)18-24(23)28-25(29)15-10-19-8-11-21(12-9-19)20-6-3-2-4-7-20/h2-4,6-15,18H,5,16-17H2,1H3,(H,28,29). The van der Waals surface area contributed by atoms with Crippen LogP contribution in [0, 0.1) is 0 Å². The van der Waals surface area contributed by atoms with Crippen molar-refractivity contribution in [3.05, 3.63) is 90.0 Å². The minimum Gasteiger partial charge on any atom is -0.493 e. The molecule has 0 aromatic heterocycles. The molecule has 3 aromatic rings. The number of anilines is 1. The fraction of sp³-hybridized carbons (Fsp3) is 0.154. The molecule has 0 bridgehead atoms. The van der Waals surface area contributed by atoms with Crippen molar-refractivity contribution in [1.82, 2.24) is 0 Å². The largest absolute Gasteiger partial charge is 0.493 e. The number of amides is 1. The lowest BCUT2D eigenvalue weighted by Crippen LogP contribution is -2.13. The maximum atomic E-state index is 12.5. The van der Waals surface area contributed by atoms with E-state index < -0.39 is 5.97 Å². The maximum Gasteiger partial charge on any atom is 0.339 e. The van der Waals surface area contributed by atoms with E-state index in [2.05, 4.69) is 33.4 Å². The normalized spacial score (nSPS) is 10.7. The van der Waals surface area contributed by atoms with E-state index in [4.69, 9.17) is 9.47 Å². The second-order valence-electron chi connectivity index (χ2n) is 6.90. The summed E-state index contributed by atoms with van der Waals surface area (Å²) in [5.41, 5.74) is 3.72. The van der Waals surface area contributed by atoms with Crippen LogP contribution >= 0.6 is 15.9 Å². The van der Waals surface area contributed by atoms with Gasteiger partial charge in [0.2, 0.25) is 5.91 Å². The predicted molar refractivity (Wildman–Crippen MR) is 131 cm³/mol. The fourth-order valence-electron chi connectivity index (χ4n) is 3.01. The first kappa shape index (κ1) is 23.3. The SMILES string of the molecule is COC(=O)c1ccc(OCCCBr)cc1NC(=O)C=Cc1ccc(-c2ccccc2)cc1. The first-order valence-electron chi connectivity index (χ1n) is 10.2. The van der Waals surface area contributed by atoms with Crippen LogP contribution in [0.25, 0.3) is 17.2 Å². The number of benzene rings is 3. The van der Waals surface area contributed by atoms with Gasteiger partial charge < -0.3 is 14.8 Å². The number of hydrogen-bond donors (Lipinski definition) is 1. The quantitative estimate of drug-likeness (QED) is 0.173. The lowest BCUT2D eigenvalue weighted by molar-refractivity contribution is -0.111. The molecule has 6 heteroatoms. The molecule has 0 unspecified atom stereocenters. The van der Waals surface area contributed by atoms with Crippen LogP contribution in [-0.4, -0.2) is 30.9 Å². The van der Waals surface area contributed by atoms with Gasteiger partial charge >= 0.3 is 5.97 Å². The molecule has 32 heavy (non-hydrogen) atoms. The minimum absolute atomic E-state index is 0.259. The maximum absolute atomic E-state index is 12.5. The van der Waals surface area contributed by atoms with Crippen LogP contribution in [0.2, 0.25) is 0 Å². The average Bonchev–Trinajstić information content (AvgIpc) is 2.83. The van der Waals surface area contributed by atoms with Crippen molar-refractivity contribution in [3.63, 3.8) is 0 Å². The molecular formula is C26H24BrNO4. The van der Waals surface area contributed by atoms with Crippen molar-refractivity contribution >= 4 is 39.6 Å². The number of hydrogen-bond acceptors (Lipinski definition) is 4. The van der Waals surface area contributed by atoms with Crippen molar-refractivity contribution in [1.29, 1.82) is 0 Å². The minimum atomic E-state index is -0.534. The number of carbonyl (C=O) groups excluding carboxylic acids is 2. The van der Waals surface area contributed by atoms with Crippen LogP contribution < -0.4 is 10.1 Å². The predicted octanol–water partition coefficient (Wildman–Crippen LogP) is 5.96. The Hall–Kier alpha value is -3.38. The van der Waals surface area contributed by atoms with Gasteiger partial charge in [0.25, 0.3) is 0 Å². The topological polar surface area (TPSA) is 64.6 Å². The van der Waals surface area contributed by atoms with Crippen molar-refractivity contribution in [3.8, 4) is 16.9 Å². The molecule has 0 aliphatic carbocycles. The monoisotopic (exact) mass is 493 g/mol. The summed E-state index contributed by atoms with van der Waals surface area (Å²) in [7, 11) is 1.30. The molecule has 0 aliphatic rings. The molecule has 3 rings (SSSR count). The number of alkyl halides is 1. The highest BCUT2D eigenvalue weighted by molar-refractivity contribution is 9.09. The number of halogens is 1. The zero-order valence-electron chi connectivity index (χ0n) is 17.7. The zero-order chi connectivity index (χ0) is 22.8. The van der Waals surface area contributed by atoms with Gasteiger partial charge in [-0.3, -0.25) is 4.79 Å². The van der Waals surface area contributed by atoms with Crippen LogP contribution in [0.15, 0.2) is 78.9 Å². The molecule has 0 saturated carbocycles. The van der Waals surface area contributed by atoms with E-state index in [1.165, 1.54) is 13.2 Å². The summed E-state index contributed by atoms with van der Waals surface area (Å²) in [6, 6.07) is 22.9. The third-order valence-electron chi connectivity index (χ3n) is 4.65. The summed E-state index contributed by atoms with van der Waals surface area (Å²) in [4.78, 5) is 24.6. The summed E-state index contributed by atoms with van der Waals surface area (Å²) >= 11 is 3.36. The van der Waals surface area contributed by atoms with E-state index in [0.717, 1.165) is 28.4 Å². The summed E-state index contributed by atoms with van der Waals surface area (Å²) in [5.74, 6) is -0.331. The first-order valence-corrected chi connectivity index (χ1v) is 11.3. The highest BCUT2D eigenvalue weighted by Crippen LogP contribution is 2.24. The van der Waals surface area contributed by atoms with Gasteiger partial charge in [0.05, 0.1) is 25.0 Å². The van der Waals surface area contributed by atoms with Crippen LogP contribution in [0.4, 0.5) is 5.69 Å². The summed E-state index contributed by atoms with van der Waals surface area (Å²) < 4.78 is 10.5. The second kappa shape index (κ2) is 11.9. The smallest absolute Gasteiger partial charge is 0.339 e. The summed E-state index contributed by atoms with van der Waals surface area (Å²) in [6.45, 7) is 0.523. The molecule has 0 saturated heterocycles. The Morgan fingerprint density at radius 3 is 2.38 bits per heavy atom. The molecule has 3 aromatic carbocycles. The highest BCUT2D eigenvalue weighted by Gasteiger charge is 2.14. The summed E-state index contributed by atoms with van der Waals surface area (Å²) in [5, 5.41) is 3.58. The fourth-order valence-corrected chi connectivity index (χ4v) is 3.24. The van der Waals surface area contributed by atoms with E-state index in [9.17, 15) is 9.59 Å². The van der Waals surface area contributed by atoms with E-state index in [1.54, 1.807) is 24.3 Å². The van der Waals surface area contributed by atoms with E-state index in [-0.39, 0.29) is 11.5 Å².